The molecule has 2 amide bonds. The molecule has 2 aromatic rings. The van der Waals surface area contributed by atoms with E-state index in [0.717, 1.165) is 17.7 Å². The minimum Gasteiger partial charge on any atom is -0.332 e. The summed E-state index contributed by atoms with van der Waals surface area (Å²) in [5.41, 5.74) is 1.67. The highest BCUT2D eigenvalue weighted by molar-refractivity contribution is 9.10. The van der Waals surface area contributed by atoms with Gasteiger partial charge in [0.15, 0.2) is 0 Å². The molecule has 0 aliphatic rings. The molecule has 0 aliphatic heterocycles. The lowest BCUT2D eigenvalue weighted by atomic mass is 10.1. The first-order chi connectivity index (χ1) is 11.4. The van der Waals surface area contributed by atoms with E-state index < -0.39 is 11.7 Å². The van der Waals surface area contributed by atoms with E-state index in [2.05, 4.69) is 21.2 Å². The van der Waals surface area contributed by atoms with E-state index in [9.17, 15) is 14.0 Å². The molecule has 2 rings (SSSR count). The fourth-order valence-corrected chi connectivity index (χ4v) is 2.63. The van der Waals surface area contributed by atoms with Crippen molar-refractivity contribution in [2.24, 2.45) is 0 Å². The molecular formula is C18H18BrFN2O2. The molecule has 0 radical (unpaired) electrons. The second-order valence-electron chi connectivity index (χ2n) is 5.34. The topological polar surface area (TPSA) is 49.4 Å². The van der Waals surface area contributed by atoms with E-state index in [0.29, 0.717) is 4.47 Å². The molecule has 0 heterocycles. The Hall–Kier alpha value is -2.21. The Balaban J connectivity index is 2.04. The molecule has 126 valence electrons. The molecule has 6 heteroatoms. The predicted molar refractivity (Wildman–Crippen MR) is 95.5 cm³/mol. The van der Waals surface area contributed by atoms with Gasteiger partial charge in [-0.25, -0.2) is 4.39 Å². The van der Waals surface area contributed by atoms with Crippen LogP contribution in [-0.4, -0.2) is 30.3 Å². The first kappa shape index (κ1) is 18.1. The molecule has 2 aromatic carbocycles. The van der Waals surface area contributed by atoms with Crippen LogP contribution in [0.4, 0.5) is 10.1 Å². The molecule has 0 aliphatic carbocycles. The van der Waals surface area contributed by atoms with Crippen LogP contribution < -0.4 is 5.32 Å². The summed E-state index contributed by atoms with van der Waals surface area (Å²) in [6.45, 7) is 1.84. The summed E-state index contributed by atoms with van der Waals surface area (Å²) in [5, 5.41) is 2.79. The number of carbonyl (C=O) groups excluding carboxylic acids is 2. The molecule has 0 atom stereocenters. The zero-order chi connectivity index (χ0) is 17.7. The highest BCUT2D eigenvalue weighted by Gasteiger charge is 2.19. The number of likely N-dealkylation sites (N-methyl/N-ethyl adjacent to an activating group) is 1. The van der Waals surface area contributed by atoms with Crippen LogP contribution in [0.5, 0.6) is 0 Å². The number of hydrogen-bond acceptors (Lipinski definition) is 2. The van der Waals surface area contributed by atoms with Crippen molar-refractivity contribution in [3.63, 3.8) is 0 Å². The van der Waals surface area contributed by atoms with Crippen LogP contribution in [0, 0.1) is 5.82 Å². The molecule has 0 aromatic heterocycles. The first-order valence-corrected chi connectivity index (χ1v) is 8.30. The molecule has 0 saturated carbocycles. The maximum Gasteiger partial charge on any atom is 0.257 e. The summed E-state index contributed by atoms with van der Waals surface area (Å²) in [5.74, 6) is -1.50. The Morgan fingerprint density at radius 3 is 2.58 bits per heavy atom. The van der Waals surface area contributed by atoms with Gasteiger partial charge in [-0.2, -0.15) is 0 Å². The number of carbonyl (C=O) groups is 2. The average molecular weight is 393 g/mol. The number of aryl methyl sites for hydroxylation is 1. The van der Waals surface area contributed by atoms with E-state index in [4.69, 9.17) is 0 Å². The van der Waals surface area contributed by atoms with E-state index in [1.165, 1.54) is 24.1 Å². The number of halogens is 2. The number of nitrogens with one attached hydrogen (secondary N) is 1. The van der Waals surface area contributed by atoms with Gasteiger partial charge in [0.25, 0.3) is 5.91 Å². The van der Waals surface area contributed by atoms with Gasteiger partial charge in [0.05, 0.1) is 12.1 Å². The Morgan fingerprint density at radius 1 is 1.21 bits per heavy atom. The van der Waals surface area contributed by atoms with Gasteiger partial charge in [0, 0.05) is 17.2 Å². The second-order valence-corrected chi connectivity index (χ2v) is 6.26. The van der Waals surface area contributed by atoms with Crippen molar-refractivity contribution in [1.82, 2.24) is 4.90 Å². The maximum atomic E-state index is 13.9. The third-order valence-electron chi connectivity index (χ3n) is 3.56. The van der Waals surface area contributed by atoms with Gasteiger partial charge >= 0.3 is 0 Å². The second kappa shape index (κ2) is 8.06. The molecule has 0 saturated heterocycles. The number of rotatable bonds is 5. The largest absolute Gasteiger partial charge is 0.332 e. The molecule has 0 unspecified atom stereocenters. The summed E-state index contributed by atoms with van der Waals surface area (Å²) in [7, 11) is 1.47. The molecular weight excluding hydrogens is 375 g/mol. The van der Waals surface area contributed by atoms with Crippen LogP contribution in [0.3, 0.4) is 0 Å². The molecule has 0 fully saturated rings. The average Bonchev–Trinajstić information content (AvgIpc) is 2.54. The number of para-hydroxylation sites is 1. The monoisotopic (exact) mass is 392 g/mol. The first-order valence-electron chi connectivity index (χ1n) is 7.50. The van der Waals surface area contributed by atoms with Gasteiger partial charge in [-0.3, -0.25) is 9.59 Å². The van der Waals surface area contributed by atoms with Gasteiger partial charge in [-0.1, -0.05) is 41.1 Å². The summed E-state index contributed by atoms with van der Waals surface area (Å²) < 4.78 is 14.4. The fourth-order valence-electron chi connectivity index (χ4n) is 2.30. The lowest BCUT2D eigenvalue weighted by Gasteiger charge is -2.18. The predicted octanol–water partition coefficient (Wildman–Crippen LogP) is 3.86. The van der Waals surface area contributed by atoms with Crippen LogP contribution in [-0.2, 0) is 11.2 Å². The summed E-state index contributed by atoms with van der Waals surface area (Å²) in [6.07, 6.45) is 0.787. The van der Waals surface area contributed by atoms with Crippen molar-refractivity contribution in [2.45, 2.75) is 13.3 Å². The van der Waals surface area contributed by atoms with Crippen molar-refractivity contribution in [3.8, 4) is 0 Å². The van der Waals surface area contributed by atoms with Gasteiger partial charge in [-0.05, 0) is 36.2 Å². The van der Waals surface area contributed by atoms with E-state index in [-0.39, 0.29) is 18.0 Å². The lowest BCUT2D eigenvalue weighted by molar-refractivity contribution is -0.116. The smallest absolute Gasteiger partial charge is 0.257 e. The standard InChI is InChI=1S/C18H18BrFN2O2/c1-3-12-6-4-5-7-16(12)21-17(23)11-22(2)18(24)14-9-8-13(19)10-15(14)20/h4-10H,3,11H2,1-2H3,(H,21,23). The summed E-state index contributed by atoms with van der Waals surface area (Å²) in [4.78, 5) is 25.6. The number of nitrogens with zero attached hydrogens (tertiary/aromatic N) is 1. The number of hydrogen-bond donors (Lipinski definition) is 1. The number of amides is 2. The third kappa shape index (κ3) is 4.41. The Kier molecular flexibility index (Phi) is 6.09. The zero-order valence-corrected chi connectivity index (χ0v) is 15.1. The SMILES string of the molecule is CCc1ccccc1NC(=O)CN(C)C(=O)c1ccc(Br)cc1F. The van der Waals surface area contributed by atoms with E-state index >= 15 is 0 Å². The molecule has 24 heavy (non-hydrogen) atoms. The van der Waals surface area contributed by atoms with Crippen molar-refractivity contribution in [2.75, 3.05) is 18.9 Å². The molecule has 0 bridgehead atoms. The number of benzene rings is 2. The Labute approximate surface area is 148 Å². The van der Waals surface area contributed by atoms with Gasteiger partial charge in [0.1, 0.15) is 5.82 Å². The van der Waals surface area contributed by atoms with Crippen LogP contribution >= 0.6 is 15.9 Å². The highest BCUT2D eigenvalue weighted by Crippen LogP contribution is 2.17. The molecule has 4 nitrogen and oxygen atoms in total. The minimum atomic E-state index is -0.627. The maximum absolute atomic E-state index is 13.9. The normalized spacial score (nSPS) is 10.3. The van der Waals surface area contributed by atoms with Gasteiger partial charge < -0.3 is 10.2 Å². The highest BCUT2D eigenvalue weighted by atomic mass is 79.9. The van der Waals surface area contributed by atoms with E-state index in [1.54, 1.807) is 6.07 Å². The van der Waals surface area contributed by atoms with Crippen LogP contribution in [0.25, 0.3) is 0 Å². The van der Waals surface area contributed by atoms with Crippen molar-refractivity contribution < 1.29 is 14.0 Å². The van der Waals surface area contributed by atoms with Gasteiger partial charge in [-0.15, -0.1) is 0 Å². The van der Waals surface area contributed by atoms with Crippen molar-refractivity contribution >= 4 is 33.4 Å². The molecule has 0 spiro atoms. The van der Waals surface area contributed by atoms with Crippen LogP contribution in [0.2, 0.25) is 0 Å². The van der Waals surface area contributed by atoms with Crippen LogP contribution in [0.15, 0.2) is 46.9 Å². The van der Waals surface area contributed by atoms with Gasteiger partial charge in [0.2, 0.25) is 5.91 Å². The minimum absolute atomic E-state index is 0.0672. The number of anilines is 1. The van der Waals surface area contributed by atoms with E-state index in [1.807, 2.05) is 31.2 Å². The fraction of sp³-hybridized carbons (Fsp3) is 0.222. The van der Waals surface area contributed by atoms with Crippen LogP contribution in [0.1, 0.15) is 22.8 Å². The third-order valence-corrected chi connectivity index (χ3v) is 4.05. The Morgan fingerprint density at radius 2 is 1.92 bits per heavy atom. The summed E-state index contributed by atoms with van der Waals surface area (Å²) in [6, 6.07) is 11.7. The Bertz CT molecular complexity index is 764. The quantitative estimate of drug-likeness (QED) is 0.839. The lowest BCUT2D eigenvalue weighted by Crippen LogP contribution is -2.35. The van der Waals surface area contributed by atoms with Crippen molar-refractivity contribution in [1.29, 1.82) is 0 Å². The summed E-state index contributed by atoms with van der Waals surface area (Å²) >= 11 is 3.14. The van der Waals surface area contributed by atoms with Crippen molar-refractivity contribution in [3.05, 3.63) is 63.9 Å². The zero-order valence-electron chi connectivity index (χ0n) is 13.5. The molecule has 1 N–H and O–H groups in total.